The number of anilines is 1. The first-order valence-corrected chi connectivity index (χ1v) is 10.7. The van der Waals surface area contributed by atoms with Gasteiger partial charge in [0.2, 0.25) is 5.91 Å². The minimum atomic E-state index is -0.121. The number of hydrogen-bond donors (Lipinski definition) is 1. The van der Waals surface area contributed by atoms with Crippen LogP contribution < -0.4 is 10.2 Å². The molecule has 4 rings (SSSR count). The Balaban J connectivity index is 1.49. The fourth-order valence-electron chi connectivity index (χ4n) is 4.23. The van der Waals surface area contributed by atoms with Crippen molar-refractivity contribution in [2.45, 2.75) is 19.4 Å². The topological polar surface area (TPSA) is 61.9 Å². The predicted octanol–water partition coefficient (Wildman–Crippen LogP) is 3.05. The molecule has 6 nitrogen and oxygen atoms in total. The van der Waals surface area contributed by atoms with E-state index in [4.69, 9.17) is 16.3 Å². The molecule has 2 aliphatic rings. The number of nitrogens with one attached hydrogen (secondary N) is 1. The van der Waals surface area contributed by atoms with E-state index < -0.39 is 0 Å². The predicted molar refractivity (Wildman–Crippen MR) is 117 cm³/mol. The Labute approximate surface area is 181 Å². The number of rotatable bonds is 5. The van der Waals surface area contributed by atoms with E-state index in [2.05, 4.69) is 10.2 Å². The number of nitrogens with zero attached hydrogens (tertiary/aromatic N) is 2. The molecule has 2 amide bonds. The first kappa shape index (κ1) is 20.8. The zero-order valence-electron chi connectivity index (χ0n) is 17.1. The van der Waals surface area contributed by atoms with Gasteiger partial charge in [-0.25, -0.2) is 0 Å². The van der Waals surface area contributed by atoms with Crippen LogP contribution in [0, 0.1) is 0 Å². The van der Waals surface area contributed by atoms with E-state index in [9.17, 15) is 9.59 Å². The average Bonchev–Trinajstić information content (AvgIpc) is 3.19. The summed E-state index contributed by atoms with van der Waals surface area (Å²) in [6.45, 7) is 5.63. The van der Waals surface area contributed by atoms with E-state index >= 15 is 0 Å². The van der Waals surface area contributed by atoms with Crippen LogP contribution in [0.3, 0.4) is 0 Å². The van der Waals surface area contributed by atoms with Gasteiger partial charge in [-0.2, -0.15) is 0 Å². The van der Waals surface area contributed by atoms with Crippen molar-refractivity contribution in [3.05, 3.63) is 64.2 Å². The molecule has 0 bridgehead atoms. The van der Waals surface area contributed by atoms with Crippen LogP contribution in [0.4, 0.5) is 5.69 Å². The lowest BCUT2D eigenvalue weighted by Gasteiger charge is -2.35. The van der Waals surface area contributed by atoms with Gasteiger partial charge in [0, 0.05) is 49.4 Å². The Hall–Kier alpha value is -2.41. The van der Waals surface area contributed by atoms with Crippen LogP contribution in [0.25, 0.3) is 0 Å². The van der Waals surface area contributed by atoms with Crippen LogP contribution in [0.5, 0.6) is 0 Å². The highest BCUT2D eigenvalue weighted by molar-refractivity contribution is 6.31. The lowest BCUT2D eigenvalue weighted by molar-refractivity contribution is -0.116. The van der Waals surface area contributed by atoms with E-state index in [-0.39, 0.29) is 17.9 Å². The maximum atomic E-state index is 12.9. The summed E-state index contributed by atoms with van der Waals surface area (Å²) in [5.41, 5.74) is 3.56. The lowest BCUT2D eigenvalue weighted by atomic mass is 10.0. The SMILES string of the molecule is CC(=O)N1CCc2cc(C(=O)NC[C@@H](c3ccccc3Cl)N3CCOCC3)ccc21. The quantitative estimate of drug-likeness (QED) is 0.796. The van der Waals surface area contributed by atoms with E-state index in [0.717, 1.165) is 36.3 Å². The molecule has 2 aliphatic heterocycles. The first-order chi connectivity index (χ1) is 14.5. The van der Waals surface area contributed by atoms with Gasteiger partial charge >= 0.3 is 0 Å². The number of benzene rings is 2. The molecule has 2 heterocycles. The third-order valence-corrected chi connectivity index (χ3v) is 6.17. The lowest BCUT2D eigenvalue weighted by Crippen LogP contribution is -2.44. The molecule has 0 spiro atoms. The number of halogens is 1. The number of ether oxygens (including phenoxy) is 1. The molecule has 2 aromatic rings. The summed E-state index contributed by atoms with van der Waals surface area (Å²) in [7, 11) is 0. The van der Waals surface area contributed by atoms with Crippen molar-refractivity contribution in [3.63, 3.8) is 0 Å². The molecule has 1 saturated heterocycles. The molecule has 2 aromatic carbocycles. The molecule has 7 heteroatoms. The van der Waals surface area contributed by atoms with Gasteiger partial charge < -0.3 is 15.0 Å². The Morgan fingerprint density at radius 2 is 1.90 bits per heavy atom. The molecular weight excluding hydrogens is 402 g/mol. The van der Waals surface area contributed by atoms with Gasteiger partial charge in [-0.1, -0.05) is 29.8 Å². The molecule has 1 atom stereocenters. The van der Waals surface area contributed by atoms with Gasteiger partial charge in [0.25, 0.3) is 5.91 Å². The van der Waals surface area contributed by atoms with Crippen LogP contribution in [0.1, 0.15) is 34.5 Å². The molecule has 1 N–H and O–H groups in total. The standard InChI is InChI=1S/C23H26ClN3O3/c1-16(28)27-9-8-17-14-18(6-7-21(17)27)23(29)25-15-22(26-10-12-30-13-11-26)19-4-2-3-5-20(19)24/h2-7,14,22H,8-13,15H2,1H3,(H,25,29)/t22-/m0/s1. The summed E-state index contributed by atoms with van der Waals surface area (Å²) in [4.78, 5) is 28.7. The summed E-state index contributed by atoms with van der Waals surface area (Å²) in [5, 5.41) is 3.79. The molecule has 1 fully saturated rings. The molecule has 0 aliphatic carbocycles. The smallest absolute Gasteiger partial charge is 0.251 e. The largest absolute Gasteiger partial charge is 0.379 e. The fraction of sp³-hybridized carbons (Fsp3) is 0.391. The second kappa shape index (κ2) is 9.16. The summed E-state index contributed by atoms with van der Waals surface area (Å²) in [6, 6.07) is 13.3. The van der Waals surface area contributed by atoms with Gasteiger partial charge in [0.05, 0.1) is 19.3 Å². The van der Waals surface area contributed by atoms with Gasteiger partial charge in [0.1, 0.15) is 0 Å². The number of hydrogen-bond acceptors (Lipinski definition) is 4. The van der Waals surface area contributed by atoms with Crippen molar-refractivity contribution in [2.24, 2.45) is 0 Å². The van der Waals surface area contributed by atoms with Gasteiger partial charge in [0.15, 0.2) is 0 Å². The van der Waals surface area contributed by atoms with Gasteiger partial charge in [-0.15, -0.1) is 0 Å². The Morgan fingerprint density at radius 3 is 2.63 bits per heavy atom. The van der Waals surface area contributed by atoms with Crippen LogP contribution >= 0.6 is 11.6 Å². The summed E-state index contributed by atoms with van der Waals surface area (Å²) in [6.07, 6.45) is 0.770. The summed E-state index contributed by atoms with van der Waals surface area (Å²) in [5.74, 6) is -0.0940. The number of fused-ring (bicyclic) bond motifs is 1. The number of carbonyl (C=O) groups excluding carboxylic acids is 2. The molecular formula is C23H26ClN3O3. The maximum absolute atomic E-state index is 12.9. The monoisotopic (exact) mass is 427 g/mol. The highest BCUT2D eigenvalue weighted by Crippen LogP contribution is 2.30. The van der Waals surface area contributed by atoms with E-state index in [0.29, 0.717) is 36.9 Å². The maximum Gasteiger partial charge on any atom is 0.251 e. The number of amides is 2. The first-order valence-electron chi connectivity index (χ1n) is 10.3. The minimum Gasteiger partial charge on any atom is -0.379 e. The van der Waals surface area contributed by atoms with Crippen LogP contribution in [-0.4, -0.2) is 56.1 Å². The highest BCUT2D eigenvalue weighted by atomic mass is 35.5. The molecule has 0 radical (unpaired) electrons. The average molecular weight is 428 g/mol. The number of morpholine rings is 1. The van der Waals surface area contributed by atoms with Crippen molar-refractivity contribution < 1.29 is 14.3 Å². The van der Waals surface area contributed by atoms with Crippen molar-refractivity contribution in [3.8, 4) is 0 Å². The number of carbonyl (C=O) groups is 2. The third-order valence-electron chi connectivity index (χ3n) is 5.82. The highest BCUT2D eigenvalue weighted by Gasteiger charge is 2.26. The van der Waals surface area contributed by atoms with E-state index in [1.54, 1.807) is 17.9 Å². The van der Waals surface area contributed by atoms with Crippen LogP contribution in [0.2, 0.25) is 5.02 Å². The fourth-order valence-corrected chi connectivity index (χ4v) is 4.49. The van der Waals surface area contributed by atoms with Crippen LogP contribution in [-0.2, 0) is 16.0 Å². The molecule has 0 saturated carbocycles. The normalized spacial score (nSPS) is 17.5. The summed E-state index contributed by atoms with van der Waals surface area (Å²) >= 11 is 6.47. The Morgan fingerprint density at radius 1 is 1.13 bits per heavy atom. The third kappa shape index (κ3) is 4.36. The van der Waals surface area contributed by atoms with Crippen molar-refractivity contribution in [1.29, 1.82) is 0 Å². The van der Waals surface area contributed by atoms with Gasteiger partial charge in [-0.05, 0) is 41.8 Å². The minimum absolute atomic E-state index is 0.0193. The molecule has 158 valence electrons. The van der Waals surface area contributed by atoms with Crippen molar-refractivity contribution in [1.82, 2.24) is 10.2 Å². The van der Waals surface area contributed by atoms with Gasteiger partial charge in [-0.3, -0.25) is 14.5 Å². The van der Waals surface area contributed by atoms with Crippen LogP contribution in [0.15, 0.2) is 42.5 Å². The molecule has 30 heavy (non-hydrogen) atoms. The zero-order chi connectivity index (χ0) is 21.1. The van der Waals surface area contributed by atoms with Crippen molar-refractivity contribution in [2.75, 3.05) is 44.3 Å². The Bertz CT molecular complexity index is 943. The van der Waals surface area contributed by atoms with E-state index in [1.165, 1.54) is 0 Å². The molecule has 0 unspecified atom stereocenters. The summed E-state index contributed by atoms with van der Waals surface area (Å²) < 4.78 is 5.49. The van der Waals surface area contributed by atoms with E-state index in [1.807, 2.05) is 36.4 Å². The van der Waals surface area contributed by atoms with Crippen molar-refractivity contribution >= 4 is 29.1 Å². The second-order valence-corrected chi connectivity index (χ2v) is 8.07. The zero-order valence-corrected chi connectivity index (χ0v) is 17.8. The Kier molecular flexibility index (Phi) is 6.37. The second-order valence-electron chi connectivity index (χ2n) is 7.66. The molecule has 0 aromatic heterocycles.